The zero-order valence-corrected chi connectivity index (χ0v) is 26.8. The maximum absolute atomic E-state index is 5.46. The third-order valence-corrected chi connectivity index (χ3v) is 13.1. The van der Waals surface area contributed by atoms with Gasteiger partial charge in [0.05, 0.1) is 28.6 Å². The van der Waals surface area contributed by atoms with Crippen LogP contribution in [0, 0.1) is 0 Å². The van der Waals surface area contributed by atoms with Gasteiger partial charge in [0.25, 0.3) is 0 Å². The zero-order valence-electron chi connectivity index (χ0n) is 22.6. The van der Waals surface area contributed by atoms with E-state index in [2.05, 4.69) is 30.3 Å². The highest BCUT2D eigenvalue weighted by molar-refractivity contribution is 6.37. The first-order valence-corrected chi connectivity index (χ1v) is 18.3. The zero-order chi connectivity index (χ0) is 25.1. The predicted molar refractivity (Wildman–Crippen MR) is 149 cm³/mol. The Morgan fingerprint density at radius 2 is 0.882 bits per heavy atom. The predicted octanol–water partition coefficient (Wildman–Crippen LogP) is 2.76. The first-order valence-electron chi connectivity index (χ1n) is 12.8. The van der Waals surface area contributed by atoms with E-state index in [-0.39, 0.29) is 23.2 Å². The topological polar surface area (TPSA) is 55.4 Å². The SMILES string of the molecule is COC(OC)[SiH2]CCCC(CCC[SiH2]C(OC)OC)(CCC[SiH2]C(OC)OC)c1ccccc1. The molecule has 0 atom stereocenters. The fourth-order valence-electron chi connectivity index (χ4n) is 4.92. The van der Waals surface area contributed by atoms with Crippen LogP contribution in [0.15, 0.2) is 30.3 Å². The van der Waals surface area contributed by atoms with E-state index in [1.165, 1.54) is 62.2 Å². The van der Waals surface area contributed by atoms with E-state index < -0.39 is 28.6 Å². The number of hydrogen-bond acceptors (Lipinski definition) is 6. The summed E-state index contributed by atoms with van der Waals surface area (Å²) < 4.78 is 32.8. The fraction of sp³-hybridized carbons (Fsp3) is 0.760. The highest BCUT2D eigenvalue weighted by Gasteiger charge is 2.31. The van der Waals surface area contributed by atoms with E-state index in [1.54, 1.807) is 42.7 Å². The number of benzene rings is 1. The van der Waals surface area contributed by atoms with Gasteiger partial charge in [-0.1, -0.05) is 67.7 Å². The second kappa shape index (κ2) is 19.8. The molecular weight excluding hydrogens is 481 g/mol. The number of methoxy groups -OCH3 is 6. The van der Waals surface area contributed by atoms with Crippen LogP contribution in [0.2, 0.25) is 18.1 Å². The summed E-state index contributed by atoms with van der Waals surface area (Å²) in [7, 11) is 9.32. The summed E-state index contributed by atoms with van der Waals surface area (Å²) in [6.45, 7) is 0. The van der Waals surface area contributed by atoms with E-state index in [0.29, 0.717) is 0 Å². The molecule has 0 amide bonds. The molecule has 1 rings (SSSR count). The Balaban J connectivity index is 2.89. The van der Waals surface area contributed by atoms with Gasteiger partial charge in [0.15, 0.2) is 0 Å². The summed E-state index contributed by atoms with van der Waals surface area (Å²) in [6, 6.07) is 15.0. The number of hydrogen-bond donors (Lipinski definition) is 0. The molecule has 6 nitrogen and oxygen atoms in total. The highest BCUT2D eigenvalue weighted by Crippen LogP contribution is 2.40. The van der Waals surface area contributed by atoms with Crippen molar-refractivity contribution in [2.45, 2.75) is 79.8 Å². The molecule has 0 saturated heterocycles. The third kappa shape index (κ3) is 12.0. The van der Waals surface area contributed by atoms with Crippen molar-refractivity contribution in [1.29, 1.82) is 0 Å². The fourth-order valence-corrected chi connectivity index (χ4v) is 8.95. The van der Waals surface area contributed by atoms with E-state index in [1.807, 2.05) is 0 Å². The molecule has 198 valence electrons. The maximum Gasteiger partial charge on any atom is 0.134 e. The first kappa shape index (κ1) is 31.7. The van der Waals surface area contributed by atoms with E-state index in [9.17, 15) is 0 Å². The Hall–Kier alpha value is -0.369. The monoisotopic (exact) mass is 530 g/mol. The van der Waals surface area contributed by atoms with Gasteiger partial charge in [-0.2, -0.15) is 0 Å². The van der Waals surface area contributed by atoms with Crippen LogP contribution in [0.4, 0.5) is 0 Å². The second-order valence-corrected chi connectivity index (χ2v) is 14.9. The molecule has 0 unspecified atom stereocenters. The van der Waals surface area contributed by atoms with Crippen LogP contribution in [0.3, 0.4) is 0 Å². The Bertz CT molecular complexity index is 533. The van der Waals surface area contributed by atoms with Crippen molar-refractivity contribution < 1.29 is 28.4 Å². The molecule has 0 aliphatic heterocycles. The molecule has 0 aliphatic carbocycles. The first-order chi connectivity index (χ1) is 16.6. The van der Waals surface area contributed by atoms with Gasteiger partial charge < -0.3 is 28.4 Å². The largest absolute Gasteiger partial charge is 0.360 e. The lowest BCUT2D eigenvalue weighted by Gasteiger charge is -2.36. The van der Waals surface area contributed by atoms with E-state index in [4.69, 9.17) is 28.4 Å². The van der Waals surface area contributed by atoms with Crippen LogP contribution in [-0.2, 0) is 33.8 Å². The molecule has 9 heteroatoms. The summed E-state index contributed by atoms with van der Waals surface area (Å²) in [5.74, 6) is 0.0921. The molecule has 0 fully saturated rings. The van der Waals surface area contributed by atoms with Crippen LogP contribution in [0.1, 0.15) is 44.1 Å². The van der Waals surface area contributed by atoms with Crippen LogP contribution < -0.4 is 0 Å². The quantitative estimate of drug-likeness (QED) is 0.131. The molecular formula is C25H50O6Si3. The molecule has 34 heavy (non-hydrogen) atoms. The molecule has 0 radical (unpaired) electrons. The lowest BCUT2D eigenvalue weighted by Crippen LogP contribution is -2.29. The lowest BCUT2D eigenvalue weighted by atomic mass is 9.70. The molecule has 0 spiro atoms. The van der Waals surface area contributed by atoms with Gasteiger partial charge in [0, 0.05) is 42.7 Å². The Morgan fingerprint density at radius 3 is 1.18 bits per heavy atom. The standard InChI is InChI=1S/C25H50O6Si3/c1-26-22(27-2)32-18-10-15-25(21-13-8-7-9-14-21,16-11-19-33-23(28-3)29-4)17-12-20-34-24(30-5)31-6/h7-9,13-14,22-24H,10-12,15-20,32-34H2,1-6H3. The van der Waals surface area contributed by atoms with Crippen molar-refractivity contribution in [2.24, 2.45) is 0 Å². The van der Waals surface area contributed by atoms with Crippen LogP contribution in [-0.4, -0.2) is 89.0 Å². The van der Waals surface area contributed by atoms with E-state index in [0.717, 1.165) is 0 Å². The van der Waals surface area contributed by atoms with Crippen molar-refractivity contribution in [1.82, 2.24) is 0 Å². The van der Waals surface area contributed by atoms with Crippen LogP contribution in [0.5, 0.6) is 0 Å². The smallest absolute Gasteiger partial charge is 0.134 e. The Kier molecular flexibility index (Phi) is 18.4. The summed E-state index contributed by atoms with van der Waals surface area (Å²) >= 11 is 0. The van der Waals surface area contributed by atoms with Gasteiger partial charge in [-0.3, -0.25) is 0 Å². The van der Waals surface area contributed by atoms with E-state index >= 15 is 0 Å². The van der Waals surface area contributed by atoms with Crippen molar-refractivity contribution in [3.63, 3.8) is 0 Å². The highest BCUT2D eigenvalue weighted by atomic mass is 28.2. The minimum Gasteiger partial charge on any atom is -0.360 e. The Labute approximate surface area is 215 Å². The maximum atomic E-state index is 5.46. The Morgan fingerprint density at radius 1 is 0.559 bits per heavy atom. The minimum absolute atomic E-state index is 0.0307. The van der Waals surface area contributed by atoms with Gasteiger partial charge in [-0.15, -0.1) is 0 Å². The van der Waals surface area contributed by atoms with Gasteiger partial charge in [-0.05, 0) is 30.2 Å². The van der Waals surface area contributed by atoms with Crippen molar-refractivity contribution in [3.8, 4) is 0 Å². The molecule has 0 bridgehead atoms. The summed E-state index contributed by atoms with van der Waals surface area (Å²) in [5.41, 5.74) is 1.72. The lowest BCUT2D eigenvalue weighted by molar-refractivity contribution is -0.0442. The van der Waals surface area contributed by atoms with Gasteiger partial charge >= 0.3 is 0 Å². The summed E-state index contributed by atoms with van der Waals surface area (Å²) in [6.07, 6.45) is 7.37. The normalized spacial score (nSPS) is 14.9. The molecule has 0 aromatic heterocycles. The minimum atomic E-state index is -0.402. The van der Waals surface area contributed by atoms with Crippen molar-refractivity contribution >= 4 is 28.6 Å². The molecule has 1 aromatic carbocycles. The average Bonchev–Trinajstić information content (AvgIpc) is 2.89. The summed E-state index contributed by atoms with van der Waals surface area (Å²) in [5, 5.41) is 0. The van der Waals surface area contributed by atoms with Crippen molar-refractivity contribution in [3.05, 3.63) is 35.9 Å². The molecule has 1 aromatic rings. The molecule has 0 heterocycles. The molecule has 0 saturated carbocycles. The van der Waals surface area contributed by atoms with Crippen molar-refractivity contribution in [2.75, 3.05) is 42.7 Å². The van der Waals surface area contributed by atoms with Gasteiger partial charge in [-0.25, -0.2) is 0 Å². The average molecular weight is 531 g/mol. The number of ether oxygens (including phenoxy) is 6. The number of rotatable bonds is 22. The van der Waals surface area contributed by atoms with Gasteiger partial charge in [0.2, 0.25) is 0 Å². The molecule has 0 N–H and O–H groups in total. The van der Waals surface area contributed by atoms with Crippen LogP contribution in [0.25, 0.3) is 0 Å². The van der Waals surface area contributed by atoms with Gasteiger partial charge in [0.1, 0.15) is 17.7 Å². The third-order valence-electron chi connectivity index (χ3n) is 7.00. The summed E-state index contributed by atoms with van der Waals surface area (Å²) in [4.78, 5) is 0. The molecule has 0 aliphatic rings. The second-order valence-electron chi connectivity index (χ2n) is 9.09. The van der Waals surface area contributed by atoms with Crippen LogP contribution >= 0.6 is 0 Å².